The lowest BCUT2D eigenvalue weighted by atomic mass is 9.90. The van der Waals surface area contributed by atoms with E-state index >= 15 is 0 Å². The van der Waals surface area contributed by atoms with E-state index in [9.17, 15) is 9.59 Å². The largest absolute Gasteiger partial charge is 0.389 e. The van der Waals surface area contributed by atoms with Crippen molar-refractivity contribution >= 4 is 11.6 Å². The smallest absolute Gasteiger partial charge is 0.166 e. The van der Waals surface area contributed by atoms with E-state index in [0.717, 1.165) is 0 Å². The van der Waals surface area contributed by atoms with Crippen LogP contribution in [0.15, 0.2) is 43.0 Å². The number of carbonyl (C=O) groups is 2. The average molecular weight is 232 g/mol. The molecule has 0 spiro atoms. The van der Waals surface area contributed by atoms with E-state index in [1.165, 1.54) is 0 Å². The highest BCUT2D eigenvalue weighted by atomic mass is 16.3. The van der Waals surface area contributed by atoms with Gasteiger partial charge in [0.2, 0.25) is 0 Å². The van der Waals surface area contributed by atoms with E-state index in [1.54, 1.807) is 30.3 Å². The van der Waals surface area contributed by atoms with Gasteiger partial charge in [-0.3, -0.25) is 9.59 Å². The molecule has 1 unspecified atom stereocenters. The first kappa shape index (κ1) is 13.3. The number of aliphatic hydroxyl groups excluding tert-OH is 1. The third-order valence-corrected chi connectivity index (χ3v) is 2.53. The Morgan fingerprint density at radius 3 is 2.47 bits per heavy atom. The average Bonchev–Trinajstić information content (AvgIpc) is 2.38. The molecule has 3 nitrogen and oxygen atoms in total. The Morgan fingerprint density at radius 2 is 1.94 bits per heavy atom. The van der Waals surface area contributed by atoms with Crippen LogP contribution >= 0.6 is 0 Å². The van der Waals surface area contributed by atoms with Gasteiger partial charge < -0.3 is 5.11 Å². The molecule has 1 rings (SSSR count). The summed E-state index contributed by atoms with van der Waals surface area (Å²) in [4.78, 5) is 23.3. The van der Waals surface area contributed by atoms with Gasteiger partial charge >= 0.3 is 0 Å². The molecule has 0 saturated heterocycles. The van der Waals surface area contributed by atoms with Gasteiger partial charge in [0.1, 0.15) is 6.61 Å². The van der Waals surface area contributed by atoms with Crippen LogP contribution in [0.1, 0.15) is 23.2 Å². The molecule has 0 fully saturated rings. The number of ketones is 2. The van der Waals surface area contributed by atoms with Gasteiger partial charge in [0.05, 0.1) is 0 Å². The molecule has 0 aliphatic rings. The van der Waals surface area contributed by atoms with Gasteiger partial charge in [0, 0.05) is 17.9 Å². The van der Waals surface area contributed by atoms with Gasteiger partial charge in [-0.05, 0) is 6.42 Å². The van der Waals surface area contributed by atoms with Crippen molar-refractivity contribution in [1.29, 1.82) is 0 Å². The number of carbonyl (C=O) groups excluding carboxylic acids is 2. The van der Waals surface area contributed by atoms with Gasteiger partial charge in [-0.2, -0.15) is 0 Å². The molecule has 0 amide bonds. The monoisotopic (exact) mass is 232 g/mol. The van der Waals surface area contributed by atoms with E-state index in [1.807, 2.05) is 6.07 Å². The minimum absolute atomic E-state index is 0.0657. The van der Waals surface area contributed by atoms with Crippen molar-refractivity contribution in [3.8, 4) is 0 Å². The Hall–Kier alpha value is -1.74. The van der Waals surface area contributed by atoms with Gasteiger partial charge in [0.25, 0.3) is 0 Å². The summed E-state index contributed by atoms with van der Waals surface area (Å²) >= 11 is 0. The van der Waals surface area contributed by atoms with Crippen LogP contribution in [0.4, 0.5) is 0 Å². The summed E-state index contributed by atoms with van der Waals surface area (Å²) in [5, 5.41) is 8.72. The van der Waals surface area contributed by atoms with Crippen molar-refractivity contribution < 1.29 is 14.7 Å². The number of aliphatic hydroxyl groups is 1. The minimum Gasteiger partial charge on any atom is -0.389 e. The summed E-state index contributed by atoms with van der Waals surface area (Å²) in [7, 11) is 0. The zero-order valence-electron chi connectivity index (χ0n) is 9.63. The number of Topliss-reactive ketones (excluding diaryl/α,β-unsaturated/α-hetero) is 2. The number of hydrogen-bond donors (Lipinski definition) is 1. The standard InChI is InChI=1S/C14H16O3/c1-2-6-12(9-13(16)10-15)14(17)11-7-4-3-5-8-11/h2-5,7-8,12,15H,1,6,9-10H2. The molecule has 3 heteroatoms. The molecule has 0 aliphatic carbocycles. The van der Waals surface area contributed by atoms with Crippen molar-refractivity contribution in [3.05, 3.63) is 48.6 Å². The maximum Gasteiger partial charge on any atom is 0.166 e. The van der Waals surface area contributed by atoms with Gasteiger partial charge in [-0.25, -0.2) is 0 Å². The summed E-state index contributed by atoms with van der Waals surface area (Å²) in [5.41, 5.74) is 0.588. The molecule has 1 aromatic carbocycles. The normalized spacial score (nSPS) is 11.8. The van der Waals surface area contributed by atoms with Gasteiger partial charge in [-0.15, -0.1) is 6.58 Å². The van der Waals surface area contributed by atoms with E-state index in [2.05, 4.69) is 6.58 Å². The van der Waals surface area contributed by atoms with E-state index in [0.29, 0.717) is 12.0 Å². The molecule has 0 radical (unpaired) electrons. The zero-order chi connectivity index (χ0) is 12.7. The molecule has 90 valence electrons. The molecule has 17 heavy (non-hydrogen) atoms. The van der Waals surface area contributed by atoms with Crippen molar-refractivity contribution in [3.63, 3.8) is 0 Å². The second-order valence-corrected chi connectivity index (χ2v) is 3.85. The SMILES string of the molecule is C=CCC(CC(=O)CO)C(=O)c1ccccc1. The lowest BCUT2D eigenvalue weighted by Crippen LogP contribution is -2.19. The van der Waals surface area contributed by atoms with Crippen LogP contribution in [0.25, 0.3) is 0 Å². The fourth-order valence-electron chi connectivity index (χ4n) is 1.66. The molecule has 0 saturated carbocycles. The van der Waals surface area contributed by atoms with Crippen LogP contribution < -0.4 is 0 Å². The van der Waals surface area contributed by atoms with Gasteiger partial charge in [-0.1, -0.05) is 36.4 Å². The molecule has 0 aliphatic heterocycles. The third-order valence-electron chi connectivity index (χ3n) is 2.53. The highest BCUT2D eigenvalue weighted by Gasteiger charge is 2.21. The van der Waals surface area contributed by atoms with Crippen LogP contribution in [0.2, 0.25) is 0 Å². The van der Waals surface area contributed by atoms with Crippen molar-refractivity contribution in [2.24, 2.45) is 5.92 Å². The molecule has 1 atom stereocenters. The van der Waals surface area contributed by atoms with Crippen LogP contribution in [0.5, 0.6) is 0 Å². The van der Waals surface area contributed by atoms with Crippen LogP contribution in [0.3, 0.4) is 0 Å². The Morgan fingerprint density at radius 1 is 1.29 bits per heavy atom. The lowest BCUT2D eigenvalue weighted by Gasteiger charge is -2.12. The summed E-state index contributed by atoms with van der Waals surface area (Å²) in [6.45, 7) is 3.07. The summed E-state index contributed by atoms with van der Waals surface area (Å²) < 4.78 is 0. The predicted molar refractivity (Wildman–Crippen MR) is 65.8 cm³/mol. The Bertz CT molecular complexity index is 395. The highest BCUT2D eigenvalue weighted by molar-refractivity contribution is 6.00. The Kier molecular flexibility index (Phi) is 5.30. The number of allylic oxidation sites excluding steroid dienone is 1. The highest BCUT2D eigenvalue weighted by Crippen LogP contribution is 2.17. The van der Waals surface area contributed by atoms with Crippen LogP contribution in [0, 0.1) is 5.92 Å². The molecule has 1 N–H and O–H groups in total. The zero-order valence-corrected chi connectivity index (χ0v) is 9.63. The van der Waals surface area contributed by atoms with Crippen LogP contribution in [-0.2, 0) is 4.79 Å². The number of benzene rings is 1. The van der Waals surface area contributed by atoms with Crippen molar-refractivity contribution in [2.75, 3.05) is 6.61 Å². The Labute approximate surface area is 101 Å². The fraction of sp³-hybridized carbons (Fsp3) is 0.286. The molecule has 0 bridgehead atoms. The number of rotatable bonds is 7. The van der Waals surface area contributed by atoms with E-state index in [4.69, 9.17) is 5.11 Å². The topological polar surface area (TPSA) is 54.4 Å². The molecule has 0 heterocycles. The summed E-state index contributed by atoms with van der Waals surface area (Å²) in [6, 6.07) is 8.85. The first-order chi connectivity index (χ1) is 8.19. The fourth-order valence-corrected chi connectivity index (χ4v) is 1.66. The minimum atomic E-state index is -0.518. The van der Waals surface area contributed by atoms with E-state index in [-0.39, 0.29) is 18.0 Å². The van der Waals surface area contributed by atoms with Crippen molar-refractivity contribution in [1.82, 2.24) is 0 Å². The van der Waals surface area contributed by atoms with Crippen molar-refractivity contribution in [2.45, 2.75) is 12.8 Å². The maximum absolute atomic E-state index is 12.1. The first-order valence-corrected chi connectivity index (χ1v) is 5.51. The Balaban J connectivity index is 2.80. The quantitative estimate of drug-likeness (QED) is 0.578. The molecular weight excluding hydrogens is 216 g/mol. The summed E-state index contributed by atoms with van der Waals surface area (Å²) in [6.07, 6.45) is 2.13. The first-order valence-electron chi connectivity index (χ1n) is 5.51. The molecular formula is C14H16O3. The summed E-state index contributed by atoms with van der Waals surface area (Å²) in [5.74, 6) is -0.817. The lowest BCUT2D eigenvalue weighted by molar-refractivity contribution is -0.122. The molecule has 1 aromatic rings. The predicted octanol–water partition coefficient (Wildman–Crippen LogP) is 2.01. The van der Waals surface area contributed by atoms with Gasteiger partial charge in [0.15, 0.2) is 11.6 Å². The number of hydrogen-bond acceptors (Lipinski definition) is 3. The second-order valence-electron chi connectivity index (χ2n) is 3.85. The second kappa shape index (κ2) is 6.76. The molecule has 0 aromatic heterocycles. The third kappa shape index (κ3) is 3.96. The van der Waals surface area contributed by atoms with E-state index < -0.39 is 12.5 Å². The van der Waals surface area contributed by atoms with Crippen LogP contribution in [-0.4, -0.2) is 23.3 Å². The maximum atomic E-state index is 12.1.